The van der Waals surface area contributed by atoms with E-state index in [1.54, 1.807) is 0 Å². The van der Waals surface area contributed by atoms with Gasteiger partial charge in [-0.05, 0) is 47.2 Å². The number of nitrogens with one attached hydrogen (secondary N) is 1. The van der Waals surface area contributed by atoms with E-state index in [-0.39, 0.29) is 5.91 Å². The molecule has 0 saturated heterocycles. The quantitative estimate of drug-likeness (QED) is 0.716. The number of tetrazole rings is 1. The Morgan fingerprint density at radius 1 is 1.16 bits per heavy atom. The van der Waals surface area contributed by atoms with Gasteiger partial charge in [0.1, 0.15) is 18.1 Å². The molecule has 0 aliphatic carbocycles. The highest BCUT2D eigenvalue weighted by atomic mass is 16.5. The minimum absolute atomic E-state index is 0.180. The number of nitrogens with zero attached hydrogens (tertiary/aromatic N) is 4. The third-order valence-corrected chi connectivity index (χ3v) is 3.69. The topological polar surface area (TPSA) is 81.9 Å². The van der Waals surface area contributed by atoms with Crippen LogP contribution >= 0.6 is 0 Å². The van der Waals surface area contributed by atoms with E-state index in [4.69, 9.17) is 4.74 Å². The maximum absolute atomic E-state index is 12.8. The van der Waals surface area contributed by atoms with Crippen LogP contribution in [0.4, 0.5) is 5.69 Å². The monoisotopic (exact) mass is 337 g/mol. The van der Waals surface area contributed by atoms with E-state index in [0.717, 1.165) is 11.3 Å². The summed E-state index contributed by atoms with van der Waals surface area (Å²) in [6.45, 7) is 2.53. The molecule has 0 bridgehead atoms. The lowest BCUT2D eigenvalue weighted by molar-refractivity contribution is -0.119. The van der Waals surface area contributed by atoms with Crippen LogP contribution in [0.15, 0.2) is 60.9 Å². The van der Waals surface area contributed by atoms with Crippen molar-refractivity contribution in [2.75, 3.05) is 11.9 Å². The standard InChI is InChI=1S/C18H19N5O2/c1-2-25-16-10-8-15(9-11-16)20-18(24)17(23-13-19-21-22-23)12-14-6-4-3-5-7-14/h3-11,13,17H,2,12H2,1H3,(H,20,24)/t17-/m1/s1. The molecule has 0 aliphatic heterocycles. The van der Waals surface area contributed by atoms with Crippen molar-refractivity contribution in [1.29, 1.82) is 0 Å². The van der Waals surface area contributed by atoms with Crippen molar-refractivity contribution in [3.8, 4) is 5.75 Å². The molecule has 0 saturated carbocycles. The highest BCUT2D eigenvalue weighted by molar-refractivity contribution is 5.93. The molecule has 1 amide bonds. The van der Waals surface area contributed by atoms with Crippen LogP contribution in [0.1, 0.15) is 18.5 Å². The molecule has 1 aromatic heterocycles. The lowest BCUT2D eigenvalue weighted by atomic mass is 10.1. The highest BCUT2D eigenvalue weighted by Crippen LogP contribution is 2.19. The number of amides is 1. The van der Waals surface area contributed by atoms with Crippen molar-refractivity contribution < 1.29 is 9.53 Å². The largest absolute Gasteiger partial charge is 0.494 e. The van der Waals surface area contributed by atoms with Crippen LogP contribution in [0.3, 0.4) is 0 Å². The second kappa shape index (κ2) is 8.05. The third kappa shape index (κ3) is 4.41. The third-order valence-electron chi connectivity index (χ3n) is 3.69. The lowest BCUT2D eigenvalue weighted by Gasteiger charge is -2.16. The van der Waals surface area contributed by atoms with Gasteiger partial charge in [0, 0.05) is 12.1 Å². The Bertz CT molecular complexity index is 788. The normalized spacial score (nSPS) is 11.7. The first-order valence-corrected chi connectivity index (χ1v) is 8.06. The van der Waals surface area contributed by atoms with Crippen molar-refractivity contribution in [2.45, 2.75) is 19.4 Å². The van der Waals surface area contributed by atoms with Gasteiger partial charge >= 0.3 is 0 Å². The molecule has 3 aromatic rings. The van der Waals surface area contributed by atoms with Crippen LogP contribution in [0.2, 0.25) is 0 Å². The molecule has 0 aliphatic rings. The predicted octanol–water partition coefficient (Wildman–Crippen LogP) is 2.49. The van der Waals surface area contributed by atoms with Gasteiger partial charge in [-0.25, -0.2) is 4.68 Å². The number of aromatic nitrogens is 4. The van der Waals surface area contributed by atoms with Gasteiger partial charge in [0.05, 0.1) is 6.61 Å². The fourth-order valence-electron chi connectivity index (χ4n) is 2.48. The number of carbonyl (C=O) groups is 1. The number of rotatable bonds is 7. The number of hydrogen-bond acceptors (Lipinski definition) is 5. The smallest absolute Gasteiger partial charge is 0.249 e. The Morgan fingerprint density at radius 2 is 1.92 bits per heavy atom. The van der Waals surface area contributed by atoms with Gasteiger partial charge in [-0.15, -0.1) is 5.10 Å². The van der Waals surface area contributed by atoms with Crippen molar-refractivity contribution in [1.82, 2.24) is 20.2 Å². The summed E-state index contributed by atoms with van der Waals surface area (Å²) in [5, 5.41) is 14.1. The molecule has 0 spiro atoms. The number of ether oxygens (including phenoxy) is 1. The predicted molar refractivity (Wildman–Crippen MR) is 93.2 cm³/mol. The zero-order valence-corrected chi connectivity index (χ0v) is 13.9. The Kier molecular flexibility index (Phi) is 5.36. The fraction of sp³-hybridized carbons (Fsp3) is 0.222. The zero-order valence-electron chi connectivity index (χ0n) is 13.9. The van der Waals surface area contributed by atoms with E-state index in [0.29, 0.717) is 18.7 Å². The van der Waals surface area contributed by atoms with Gasteiger partial charge in [-0.3, -0.25) is 4.79 Å². The molecule has 1 atom stereocenters. The Hall–Kier alpha value is -3.22. The van der Waals surface area contributed by atoms with Crippen molar-refractivity contribution in [3.63, 3.8) is 0 Å². The zero-order chi connectivity index (χ0) is 17.5. The second-order valence-electron chi connectivity index (χ2n) is 5.44. The summed E-state index contributed by atoms with van der Waals surface area (Å²) in [5.74, 6) is 0.585. The lowest BCUT2D eigenvalue weighted by Crippen LogP contribution is -2.28. The van der Waals surface area contributed by atoms with Crippen molar-refractivity contribution >= 4 is 11.6 Å². The van der Waals surface area contributed by atoms with Crippen LogP contribution in [0, 0.1) is 0 Å². The van der Waals surface area contributed by atoms with Crippen LogP contribution in [-0.4, -0.2) is 32.7 Å². The average Bonchev–Trinajstić information content (AvgIpc) is 3.17. The van der Waals surface area contributed by atoms with Gasteiger partial charge in [0.2, 0.25) is 5.91 Å². The van der Waals surface area contributed by atoms with Gasteiger partial charge in [0.25, 0.3) is 0 Å². The molecule has 25 heavy (non-hydrogen) atoms. The summed E-state index contributed by atoms with van der Waals surface area (Å²) in [5.41, 5.74) is 1.73. The molecular formula is C18H19N5O2. The van der Waals surface area contributed by atoms with Crippen LogP contribution < -0.4 is 10.1 Å². The summed E-state index contributed by atoms with van der Waals surface area (Å²) >= 11 is 0. The minimum atomic E-state index is -0.538. The van der Waals surface area contributed by atoms with E-state index in [2.05, 4.69) is 20.8 Å². The first kappa shape index (κ1) is 16.6. The molecule has 0 unspecified atom stereocenters. The molecule has 128 valence electrons. The van der Waals surface area contributed by atoms with E-state index in [1.165, 1.54) is 11.0 Å². The summed E-state index contributed by atoms with van der Waals surface area (Å²) in [4.78, 5) is 12.8. The van der Waals surface area contributed by atoms with Gasteiger partial charge in [0.15, 0.2) is 0 Å². The maximum atomic E-state index is 12.8. The summed E-state index contributed by atoms with van der Waals surface area (Å²) < 4.78 is 6.88. The second-order valence-corrected chi connectivity index (χ2v) is 5.44. The molecule has 0 fully saturated rings. The van der Waals surface area contributed by atoms with Crippen LogP contribution in [0.25, 0.3) is 0 Å². The Labute approximate surface area is 145 Å². The first-order chi connectivity index (χ1) is 12.3. The van der Waals surface area contributed by atoms with E-state index < -0.39 is 6.04 Å². The number of anilines is 1. The molecule has 3 rings (SSSR count). The first-order valence-electron chi connectivity index (χ1n) is 8.06. The van der Waals surface area contributed by atoms with Crippen LogP contribution in [-0.2, 0) is 11.2 Å². The van der Waals surface area contributed by atoms with Crippen molar-refractivity contribution in [2.24, 2.45) is 0 Å². The molecule has 1 N–H and O–H groups in total. The number of carbonyl (C=O) groups excluding carboxylic acids is 1. The van der Waals surface area contributed by atoms with Crippen LogP contribution in [0.5, 0.6) is 5.75 Å². The Morgan fingerprint density at radius 3 is 2.56 bits per heavy atom. The van der Waals surface area contributed by atoms with Gasteiger partial charge < -0.3 is 10.1 Å². The van der Waals surface area contributed by atoms with E-state index >= 15 is 0 Å². The molecule has 1 heterocycles. The molecule has 2 aromatic carbocycles. The van der Waals surface area contributed by atoms with E-state index in [9.17, 15) is 4.79 Å². The Balaban J connectivity index is 1.75. The molecular weight excluding hydrogens is 318 g/mol. The maximum Gasteiger partial charge on any atom is 0.249 e. The fourth-order valence-corrected chi connectivity index (χ4v) is 2.48. The minimum Gasteiger partial charge on any atom is -0.494 e. The number of benzene rings is 2. The highest BCUT2D eigenvalue weighted by Gasteiger charge is 2.22. The number of hydrogen-bond donors (Lipinski definition) is 1. The van der Waals surface area contributed by atoms with E-state index in [1.807, 2.05) is 61.5 Å². The summed E-state index contributed by atoms with van der Waals surface area (Å²) in [6, 6.07) is 16.5. The SMILES string of the molecule is CCOc1ccc(NC(=O)[C@@H](Cc2ccccc2)n2cnnn2)cc1. The summed E-state index contributed by atoms with van der Waals surface area (Å²) in [6.07, 6.45) is 1.94. The molecule has 7 nitrogen and oxygen atoms in total. The van der Waals surface area contributed by atoms with Gasteiger partial charge in [-0.1, -0.05) is 30.3 Å². The van der Waals surface area contributed by atoms with Gasteiger partial charge in [-0.2, -0.15) is 0 Å². The average molecular weight is 337 g/mol. The molecule has 0 radical (unpaired) electrons. The molecule has 7 heteroatoms. The van der Waals surface area contributed by atoms with Crippen molar-refractivity contribution in [3.05, 3.63) is 66.5 Å². The summed E-state index contributed by atoms with van der Waals surface area (Å²) in [7, 11) is 0.